The van der Waals surface area contributed by atoms with E-state index >= 15 is 0 Å². The minimum atomic E-state index is -0.401. The molecule has 0 fully saturated rings. The molecule has 0 aliphatic carbocycles. The standard InChI is InChI=1S/C12H7FN2/c13-11-5-1-3-9(7-14)12(11)10-4-2-6-15-8-10/h1-6,8H. The quantitative estimate of drug-likeness (QED) is 0.706. The molecule has 0 unspecified atom stereocenters. The predicted molar refractivity (Wildman–Crippen MR) is 54.3 cm³/mol. The maximum atomic E-state index is 13.5. The van der Waals surface area contributed by atoms with Crippen molar-refractivity contribution in [1.82, 2.24) is 4.98 Å². The molecule has 2 rings (SSSR count). The molecule has 0 saturated heterocycles. The van der Waals surface area contributed by atoms with Gasteiger partial charge in [-0.15, -0.1) is 0 Å². The number of hydrogen-bond donors (Lipinski definition) is 0. The molecule has 0 aliphatic rings. The Hall–Kier alpha value is -2.21. The Morgan fingerprint density at radius 2 is 2.07 bits per heavy atom. The van der Waals surface area contributed by atoms with Crippen LogP contribution in [0.2, 0.25) is 0 Å². The van der Waals surface area contributed by atoms with Crippen LogP contribution in [0.4, 0.5) is 4.39 Å². The fourth-order valence-corrected chi connectivity index (χ4v) is 1.42. The Bertz CT molecular complexity index is 515. The SMILES string of the molecule is N#Cc1cccc(F)c1-c1cccnc1. The average molecular weight is 198 g/mol. The van der Waals surface area contributed by atoms with E-state index in [-0.39, 0.29) is 0 Å². The van der Waals surface area contributed by atoms with E-state index in [1.54, 1.807) is 30.6 Å². The Morgan fingerprint density at radius 3 is 2.73 bits per heavy atom. The summed E-state index contributed by atoms with van der Waals surface area (Å²) in [6.45, 7) is 0. The molecule has 0 radical (unpaired) electrons. The van der Waals surface area contributed by atoms with E-state index in [0.29, 0.717) is 16.7 Å². The minimum Gasteiger partial charge on any atom is -0.264 e. The Labute approximate surface area is 86.6 Å². The van der Waals surface area contributed by atoms with Crippen molar-refractivity contribution in [3.63, 3.8) is 0 Å². The number of rotatable bonds is 1. The maximum absolute atomic E-state index is 13.5. The van der Waals surface area contributed by atoms with Crippen molar-refractivity contribution < 1.29 is 4.39 Å². The lowest BCUT2D eigenvalue weighted by Crippen LogP contribution is -1.89. The highest BCUT2D eigenvalue weighted by atomic mass is 19.1. The zero-order chi connectivity index (χ0) is 10.7. The van der Waals surface area contributed by atoms with Gasteiger partial charge in [-0.1, -0.05) is 12.1 Å². The fraction of sp³-hybridized carbons (Fsp3) is 0. The number of halogens is 1. The molecule has 0 spiro atoms. The summed E-state index contributed by atoms with van der Waals surface area (Å²) in [6, 6.07) is 9.85. The molecule has 2 nitrogen and oxygen atoms in total. The first-order valence-corrected chi connectivity index (χ1v) is 4.42. The number of nitriles is 1. The van der Waals surface area contributed by atoms with Crippen molar-refractivity contribution in [2.75, 3.05) is 0 Å². The van der Waals surface area contributed by atoms with Crippen LogP contribution in [0.5, 0.6) is 0 Å². The fourth-order valence-electron chi connectivity index (χ4n) is 1.42. The molecule has 0 atom stereocenters. The topological polar surface area (TPSA) is 36.7 Å². The lowest BCUT2D eigenvalue weighted by atomic mass is 10.0. The number of aromatic nitrogens is 1. The summed E-state index contributed by atoms with van der Waals surface area (Å²) in [5.74, 6) is -0.401. The minimum absolute atomic E-state index is 0.313. The van der Waals surface area contributed by atoms with Crippen LogP contribution in [-0.2, 0) is 0 Å². The zero-order valence-electron chi connectivity index (χ0n) is 7.81. The van der Waals surface area contributed by atoms with Gasteiger partial charge < -0.3 is 0 Å². The van der Waals surface area contributed by atoms with E-state index in [4.69, 9.17) is 5.26 Å². The maximum Gasteiger partial charge on any atom is 0.132 e. The lowest BCUT2D eigenvalue weighted by Gasteiger charge is -2.04. The van der Waals surface area contributed by atoms with Crippen LogP contribution in [0.15, 0.2) is 42.7 Å². The van der Waals surface area contributed by atoms with Gasteiger partial charge in [0.2, 0.25) is 0 Å². The highest BCUT2D eigenvalue weighted by Gasteiger charge is 2.09. The molecule has 0 N–H and O–H groups in total. The summed E-state index contributed by atoms with van der Waals surface area (Å²) in [7, 11) is 0. The van der Waals surface area contributed by atoms with Crippen LogP contribution < -0.4 is 0 Å². The van der Waals surface area contributed by atoms with Crippen molar-refractivity contribution in [2.24, 2.45) is 0 Å². The predicted octanol–water partition coefficient (Wildman–Crippen LogP) is 2.76. The first-order chi connectivity index (χ1) is 7.33. The monoisotopic (exact) mass is 198 g/mol. The van der Waals surface area contributed by atoms with Crippen LogP contribution in [0.3, 0.4) is 0 Å². The van der Waals surface area contributed by atoms with Gasteiger partial charge >= 0.3 is 0 Å². The van der Waals surface area contributed by atoms with E-state index in [1.807, 2.05) is 6.07 Å². The van der Waals surface area contributed by atoms with Crippen molar-refractivity contribution in [3.8, 4) is 17.2 Å². The second kappa shape index (κ2) is 3.89. The third-order valence-electron chi connectivity index (χ3n) is 2.08. The second-order valence-electron chi connectivity index (χ2n) is 3.02. The lowest BCUT2D eigenvalue weighted by molar-refractivity contribution is 0.631. The summed E-state index contributed by atoms with van der Waals surface area (Å²) < 4.78 is 13.5. The van der Waals surface area contributed by atoms with Gasteiger partial charge in [-0.25, -0.2) is 4.39 Å². The molecule has 1 aromatic carbocycles. The van der Waals surface area contributed by atoms with E-state index < -0.39 is 5.82 Å². The van der Waals surface area contributed by atoms with Gasteiger partial charge in [-0.2, -0.15) is 5.26 Å². The molecule has 3 heteroatoms. The third kappa shape index (κ3) is 1.70. The summed E-state index contributed by atoms with van der Waals surface area (Å²) in [5, 5.41) is 8.87. The van der Waals surface area contributed by atoms with Crippen LogP contribution in [0, 0.1) is 17.1 Å². The van der Waals surface area contributed by atoms with E-state index in [2.05, 4.69) is 4.98 Å². The van der Waals surface area contributed by atoms with E-state index in [1.165, 1.54) is 12.1 Å². The molecule has 0 aliphatic heterocycles. The summed E-state index contributed by atoms with van der Waals surface area (Å²) in [6.07, 6.45) is 3.15. The number of pyridine rings is 1. The highest BCUT2D eigenvalue weighted by molar-refractivity contribution is 5.70. The van der Waals surface area contributed by atoms with Crippen molar-refractivity contribution in [2.45, 2.75) is 0 Å². The van der Waals surface area contributed by atoms with Gasteiger partial charge in [0.15, 0.2) is 0 Å². The summed E-state index contributed by atoms with van der Waals surface area (Å²) in [4.78, 5) is 3.90. The molecule has 72 valence electrons. The van der Waals surface area contributed by atoms with E-state index in [0.717, 1.165) is 0 Å². The van der Waals surface area contributed by atoms with Crippen LogP contribution in [0.25, 0.3) is 11.1 Å². The molecule has 0 saturated carbocycles. The number of benzene rings is 1. The molecule has 1 aromatic heterocycles. The number of hydrogen-bond acceptors (Lipinski definition) is 2. The highest BCUT2D eigenvalue weighted by Crippen LogP contribution is 2.25. The summed E-state index contributed by atoms with van der Waals surface area (Å²) >= 11 is 0. The van der Waals surface area contributed by atoms with Crippen LogP contribution >= 0.6 is 0 Å². The molecular weight excluding hydrogens is 191 g/mol. The largest absolute Gasteiger partial charge is 0.264 e. The molecule has 0 amide bonds. The molecular formula is C12H7FN2. The molecule has 0 bridgehead atoms. The van der Waals surface area contributed by atoms with Crippen molar-refractivity contribution >= 4 is 0 Å². The van der Waals surface area contributed by atoms with Gasteiger partial charge in [0.1, 0.15) is 5.82 Å². The average Bonchev–Trinajstić information content (AvgIpc) is 2.29. The summed E-state index contributed by atoms with van der Waals surface area (Å²) in [5.41, 5.74) is 1.25. The van der Waals surface area contributed by atoms with Crippen molar-refractivity contribution in [1.29, 1.82) is 5.26 Å². The smallest absolute Gasteiger partial charge is 0.132 e. The normalized spacial score (nSPS) is 9.60. The first kappa shape index (κ1) is 9.35. The first-order valence-electron chi connectivity index (χ1n) is 4.42. The molecule has 1 heterocycles. The molecule has 15 heavy (non-hydrogen) atoms. The Kier molecular flexibility index (Phi) is 2.42. The Morgan fingerprint density at radius 1 is 1.20 bits per heavy atom. The van der Waals surface area contributed by atoms with E-state index in [9.17, 15) is 4.39 Å². The molecule has 2 aromatic rings. The zero-order valence-corrected chi connectivity index (χ0v) is 7.81. The van der Waals surface area contributed by atoms with Gasteiger partial charge in [0, 0.05) is 23.5 Å². The van der Waals surface area contributed by atoms with Crippen molar-refractivity contribution in [3.05, 3.63) is 54.1 Å². The van der Waals surface area contributed by atoms with Gasteiger partial charge in [-0.05, 0) is 18.2 Å². The second-order valence-corrected chi connectivity index (χ2v) is 3.02. The number of nitrogens with zero attached hydrogens (tertiary/aromatic N) is 2. The van der Waals surface area contributed by atoms with Gasteiger partial charge in [0.05, 0.1) is 11.6 Å². The van der Waals surface area contributed by atoms with Gasteiger partial charge in [0.25, 0.3) is 0 Å². The third-order valence-corrected chi connectivity index (χ3v) is 2.08. The van der Waals surface area contributed by atoms with Crippen LogP contribution in [-0.4, -0.2) is 4.98 Å². The van der Waals surface area contributed by atoms with Crippen LogP contribution in [0.1, 0.15) is 5.56 Å². The van der Waals surface area contributed by atoms with Gasteiger partial charge in [-0.3, -0.25) is 4.98 Å². The Balaban J connectivity index is 2.68.